The Morgan fingerprint density at radius 3 is 1.61 bits per heavy atom. The lowest BCUT2D eigenvalue weighted by Gasteiger charge is -2.14. The Kier molecular flexibility index (Phi) is 17.7. The SMILES string of the molecule is CCCCCCCCCCCCCCCCC(=O)NC(CC(=O)O)C(=O)OC. The number of hydrogen-bond donors (Lipinski definition) is 2. The van der Waals surface area contributed by atoms with Gasteiger partial charge in [0.05, 0.1) is 13.5 Å². The van der Waals surface area contributed by atoms with Crippen LogP contribution in [0.2, 0.25) is 0 Å². The first-order valence-corrected chi connectivity index (χ1v) is 11.1. The quantitative estimate of drug-likeness (QED) is 0.236. The zero-order valence-electron chi connectivity index (χ0n) is 18.0. The molecule has 0 radical (unpaired) electrons. The first-order chi connectivity index (χ1) is 13.5. The van der Waals surface area contributed by atoms with Gasteiger partial charge in [-0.25, -0.2) is 4.79 Å². The molecule has 0 aliphatic carbocycles. The van der Waals surface area contributed by atoms with E-state index in [1.54, 1.807) is 0 Å². The Labute approximate surface area is 170 Å². The molecule has 1 atom stereocenters. The van der Waals surface area contributed by atoms with Gasteiger partial charge < -0.3 is 15.2 Å². The van der Waals surface area contributed by atoms with Crippen molar-refractivity contribution in [2.24, 2.45) is 0 Å². The fourth-order valence-corrected chi connectivity index (χ4v) is 3.26. The van der Waals surface area contributed by atoms with Crippen molar-refractivity contribution in [1.29, 1.82) is 0 Å². The molecule has 1 amide bonds. The smallest absolute Gasteiger partial charge is 0.328 e. The number of hydrogen-bond acceptors (Lipinski definition) is 4. The molecule has 0 fully saturated rings. The average molecular weight is 400 g/mol. The van der Waals surface area contributed by atoms with Gasteiger partial charge in [-0.2, -0.15) is 0 Å². The molecule has 0 aliphatic heterocycles. The van der Waals surface area contributed by atoms with Crippen LogP contribution >= 0.6 is 0 Å². The summed E-state index contributed by atoms with van der Waals surface area (Å²) in [5.41, 5.74) is 0. The molecule has 0 spiro atoms. The van der Waals surface area contributed by atoms with Crippen molar-refractivity contribution in [1.82, 2.24) is 5.32 Å². The van der Waals surface area contributed by atoms with Crippen LogP contribution in [0.15, 0.2) is 0 Å². The van der Waals surface area contributed by atoms with Crippen molar-refractivity contribution >= 4 is 17.8 Å². The highest BCUT2D eigenvalue weighted by atomic mass is 16.5. The molecule has 164 valence electrons. The molecule has 6 nitrogen and oxygen atoms in total. The van der Waals surface area contributed by atoms with Crippen LogP contribution in [0.25, 0.3) is 0 Å². The van der Waals surface area contributed by atoms with E-state index in [1.165, 1.54) is 77.7 Å². The lowest BCUT2D eigenvalue weighted by molar-refractivity contribution is -0.149. The van der Waals surface area contributed by atoms with Crippen molar-refractivity contribution < 1.29 is 24.2 Å². The fraction of sp³-hybridized carbons (Fsp3) is 0.864. The molecule has 0 heterocycles. The Morgan fingerprint density at radius 2 is 1.21 bits per heavy atom. The van der Waals surface area contributed by atoms with Gasteiger partial charge in [0.25, 0.3) is 0 Å². The number of carboxylic acids is 1. The molecule has 0 saturated heterocycles. The van der Waals surface area contributed by atoms with Crippen LogP contribution in [-0.2, 0) is 19.1 Å². The molecule has 0 aliphatic rings. The Bertz CT molecular complexity index is 425. The highest BCUT2D eigenvalue weighted by Gasteiger charge is 2.24. The van der Waals surface area contributed by atoms with E-state index in [2.05, 4.69) is 17.0 Å². The second kappa shape index (κ2) is 18.8. The predicted octanol–water partition coefficient (Wildman–Crippen LogP) is 4.99. The van der Waals surface area contributed by atoms with E-state index in [4.69, 9.17) is 5.11 Å². The number of methoxy groups -OCH3 is 1. The summed E-state index contributed by atoms with van der Waals surface area (Å²) in [6.45, 7) is 2.25. The zero-order chi connectivity index (χ0) is 21.0. The van der Waals surface area contributed by atoms with E-state index < -0.39 is 24.4 Å². The second-order valence-corrected chi connectivity index (χ2v) is 7.59. The number of carbonyl (C=O) groups excluding carboxylic acids is 2. The van der Waals surface area contributed by atoms with Gasteiger partial charge in [0, 0.05) is 6.42 Å². The molecule has 1 unspecified atom stereocenters. The van der Waals surface area contributed by atoms with E-state index in [1.807, 2.05) is 0 Å². The van der Waals surface area contributed by atoms with E-state index in [9.17, 15) is 14.4 Å². The molecule has 6 heteroatoms. The van der Waals surface area contributed by atoms with Crippen LogP contribution in [-0.4, -0.2) is 36.1 Å². The molecule has 0 rings (SSSR count). The highest BCUT2D eigenvalue weighted by molar-refractivity contribution is 5.87. The molecule has 0 bridgehead atoms. The summed E-state index contributed by atoms with van der Waals surface area (Å²) in [6, 6.07) is -1.11. The van der Waals surface area contributed by atoms with Crippen LogP contribution in [0.3, 0.4) is 0 Å². The summed E-state index contributed by atoms with van der Waals surface area (Å²) in [5.74, 6) is -2.17. The summed E-state index contributed by atoms with van der Waals surface area (Å²) >= 11 is 0. The van der Waals surface area contributed by atoms with Crippen molar-refractivity contribution in [2.75, 3.05) is 7.11 Å². The maximum atomic E-state index is 11.9. The summed E-state index contributed by atoms with van der Waals surface area (Å²) in [4.78, 5) is 34.1. The minimum atomic E-state index is -1.15. The summed E-state index contributed by atoms with van der Waals surface area (Å²) < 4.78 is 4.52. The van der Waals surface area contributed by atoms with Crippen molar-refractivity contribution in [3.05, 3.63) is 0 Å². The average Bonchev–Trinajstić information content (AvgIpc) is 2.66. The van der Waals surface area contributed by atoms with Gasteiger partial charge in [-0.05, 0) is 6.42 Å². The summed E-state index contributed by atoms with van der Waals surface area (Å²) in [5, 5.41) is 11.2. The van der Waals surface area contributed by atoms with Crippen LogP contribution < -0.4 is 5.32 Å². The van der Waals surface area contributed by atoms with Gasteiger partial charge in [0.15, 0.2) is 0 Å². The lowest BCUT2D eigenvalue weighted by atomic mass is 10.0. The Hall–Kier alpha value is -1.59. The number of nitrogens with one attached hydrogen (secondary N) is 1. The number of ether oxygens (including phenoxy) is 1. The summed E-state index contributed by atoms with van der Waals surface area (Å²) in [6.07, 6.45) is 17.3. The third-order valence-electron chi connectivity index (χ3n) is 4.96. The third kappa shape index (κ3) is 16.6. The zero-order valence-corrected chi connectivity index (χ0v) is 18.0. The van der Waals surface area contributed by atoms with Crippen LogP contribution in [0.5, 0.6) is 0 Å². The molecule has 0 aromatic heterocycles. The van der Waals surface area contributed by atoms with Crippen molar-refractivity contribution in [3.8, 4) is 0 Å². The van der Waals surface area contributed by atoms with Gasteiger partial charge in [-0.15, -0.1) is 0 Å². The molecule has 0 aromatic rings. The minimum absolute atomic E-state index is 0.296. The number of carbonyl (C=O) groups is 3. The highest BCUT2D eigenvalue weighted by Crippen LogP contribution is 2.13. The number of rotatable bonds is 19. The molecule has 0 aromatic carbocycles. The fourth-order valence-electron chi connectivity index (χ4n) is 3.26. The van der Waals surface area contributed by atoms with Gasteiger partial charge >= 0.3 is 11.9 Å². The monoisotopic (exact) mass is 399 g/mol. The third-order valence-corrected chi connectivity index (χ3v) is 4.96. The van der Waals surface area contributed by atoms with Gasteiger partial charge in [0.2, 0.25) is 5.91 Å². The van der Waals surface area contributed by atoms with E-state index in [0.717, 1.165) is 19.3 Å². The first kappa shape index (κ1) is 26.4. The van der Waals surface area contributed by atoms with Gasteiger partial charge in [-0.1, -0.05) is 90.4 Å². The maximum Gasteiger partial charge on any atom is 0.328 e. The molecule has 0 saturated carbocycles. The molecule has 28 heavy (non-hydrogen) atoms. The van der Waals surface area contributed by atoms with Crippen LogP contribution in [0.1, 0.15) is 110 Å². The number of aliphatic carboxylic acids is 1. The standard InChI is InChI=1S/C22H41NO5/c1-3-4-5-6-7-8-9-10-11-12-13-14-15-16-17-20(24)23-19(18-21(25)26)22(27)28-2/h19H,3-18H2,1-2H3,(H,23,24)(H,25,26). The molecular formula is C22H41NO5. The van der Waals surface area contributed by atoms with Crippen molar-refractivity contribution in [3.63, 3.8) is 0 Å². The topological polar surface area (TPSA) is 92.7 Å². The number of amides is 1. The number of unbranched alkanes of at least 4 members (excludes halogenated alkanes) is 13. The Morgan fingerprint density at radius 1 is 0.786 bits per heavy atom. The number of esters is 1. The lowest BCUT2D eigenvalue weighted by Crippen LogP contribution is -2.42. The van der Waals surface area contributed by atoms with E-state index >= 15 is 0 Å². The van der Waals surface area contributed by atoms with Crippen molar-refractivity contribution in [2.45, 2.75) is 116 Å². The molecule has 2 N–H and O–H groups in total. The maximum absolute atomic E-state index is 11.9. The van der Waals surface area contributed by atoms with Gasteiger partial charge in [-0.3, -0.25) is 9.59 Å². The van der Waals surface area contributed by atoms with Gasteiger partial charge in [0.1, 0.15) is 6.04 Å². The second-order valence-electron chi connectivity index (χ2n) is 7.59. The number of carboxylic acid groups (broad SMARTS) is 1. The minimum Gasteiger partial charge on any atom is -0.481 e. The first-order valence-electron chi connectivity index (χ1n) is 11.1. The largest absolute Gasteiger partial charge is 0.481 e. The molecular weight excluding hydrogens is 358 g/mol. The van der Waals surface area contributed by atoms with E-state index in [-0.39, 0.29) is 5.91 Å². The predicted molar refractivity (Wildman–Crippen MR) is 111 cm³/mol. The van der Waals surface area contributed by atoms with Crippen LogP contribution in [0, 0.1) is 0 Å². The normalized spacial score (nSPS) is 11.8. The van der Waals surface area contributed by atoms with E-state index in [0.29, 0.717) is 6.42 Å². The van der Waals surface area contributed by atoms with Crippen LogP contribution in [0.4, 0.5) is 0 Å². The Balaban J connectivity index is 3.53. The summed E-state index contributed by atoms with van der Waals surface area (Å²) in [7, 11) is 1.18.